The molecule has 0 aliphatic heterocycles. The van der Waals surface area contributed by atoms with Crippen molar-refractivity contribution in [2.24, 2.45) is 0 Å². The number of nitrogens with zero attached hydrogens (tertiary/aromatic N) is 7. The number of benzene rings is 2. The third-order valence-corrected chi connectivity index (χ3v) is 5.37. The standard InChI is InChI=1S/C20H18ClN7OS/c1-2-12-27-18(13-29-17-10-8-15(21)9-11-17)22-24-20(27)30-14-19-23-25-26-28(19)16-6-4-3-5-7-16/h2-11H,1,12-14H2. The lowest BCUT2D eigenvalue weighted by molar-refractivity contribution is 0.289. The van der Waals surface area contributed by atoms with Gasteiger partial charge in [-0.1, -0.05) is 47.6 Å². The van der Waals surface area contributed by atoms with E-state index < -0.39 is 0 Å². The topological polar surface area (TPSA) is 83.5 Å². The number of hydrogen-bond acceptors (Lipinski definition) is 7. The summed E-state index contributed by atoms with van der Waals surface area (Å²) in [6.07, 6.45) is 1.80. The number of aromatic nitrogens is 7. The molecule has 0 bridgehead atoms. The average molecular weight is 440 g/mol. The monoisotopic (exact) mass is 439 g/mol. The molecule has 0 amide bonds. The quantitative estimate of drug-likeness (QED) is 0.288. The maximum Gasteiger partial charge on any atom is 0.192 e. The lowest BCUT2D eigenvalue weighted by Gasteiger charge is -2.09. The van der Waals surface area contributed by atoms with Crippen LogP contribution in [0.5, 0.6) is 5.75 Å². The average Bonchev–Trinajstić information content (AvgIpc) is 3.40. The van der Waals surface area contributed by atoms with Gasteiger partial charge < -0.3 is 4.74 Å². The van der Waals surface area contributed by atoms with Crippen LogP contribution in [0.25, 0.3) is 5.69 Å². The van der Waals surface area contributed by atoms with Gasteiger partial charge in [-0.25, -0.2) is 0 Å². The highest BCUT2D eigenvalue weighted by Crippen LogP contribution is 2.23. The molecule has 0 fully saturated rings. The first-order valence-electron chi connectivity index (χ1n) is 9.11. The molecule has 0 atom stereocenters. The number of para-hydroxylation sites is 1. The maximum atomic E-state index is 5.91. The molecule has 30 heavy (non-hydrogen) atoms. The van der Waals surface area contributed by atoms with Gasteiger partial charge in [0.15, 0.2) is 16.8 Å². The molecular formula is C20H18ClN7OS. The van der Waals surface area contributed by atoms with Gasteiger partial charge in [-0.05, 0) is 46.8 Å². The second-order valence-corrected chi connectivity index (χ2v) is 7.55. The van der Waals surface area contributed by atoms with E-state index in [1.807, 2.05) is 47.0 Å². The molecule has 0 aliphatic rings. The molecule has 0 spiro atoms. The number of thioether (sulfide) groups is 1. The maximum absolute atomic E-state index is 5.91. The summed E-state index contributed by atoms with van der Waals surface area (Å²) in [6, 6.07) is 16.9. The molecule has 0 saturated heterocycles. The van der Waals surface area contributed by atoms with E-state index in [-0.39, 0.29) is 6.61 Å². The van der Waals surface area contributed by atoms with E-state index in [4.69, 9.17) is 16.3 Å². The largest absolute Gasteiger partial charge is 0.486 e. The highest BCUT2D eigenvalue weighted by Gasteiger charge is 2.15. The third kappa shape index (κ3) is 4.69. The minimum Gasteiger partial charge on any atom is -0.486 e. The fourth-order valence-corrected chi connectivity index (χ4v) is 3.72. The molecule has 2 aromatic heterocycles. The normalized spacial score (nSPS) is 10.8. The van der Waals surface area contributed by atoms with Crippen LogP contribution in [0, 0.1) is 0 Å². The Balaban J connectivity index is 1.47. The van der Waals surface area contributed by atoms with Gasteiger partial charge in [-0.3, -0.25) is 4.57 Å². The van der Waals surface area contributed by atoms with Crippen LogP contribution in [-0.4, -0.2) is 35.0 Å². The Bertz CT molecular complexity index is 1110. The van der Waals surface area contributed by atoms with Crippen LogP contribution in [0.1, 0.15) is 11.6 Å². The molecule has 2 aromatic carbocycles. The van der Waals surface area contributed by atoms with Crippen molar-refractivity contribution in [3.63, 3.8) is 0 Å². The molecule has 0 saturated carbocycles. The van der Waals surface area contributed by atoms with E-state index in [1.165, 1.54) is 11.8 Å². The second kappa shape index (κ2) is 9.55. The molecule has 152 valence electrons. The van der Waals surface area contributed by atoms with Crippen molar-refractivity contribution in [1.82, 2.24) is 35.0 Å². The molecule has 4 rings (SSSR count). The summed E-state index contributed by atoms with van der Waals surface area (Å²) in [7, 11) is 0. The van der Waals surface area contributed by atoms with Gasteiger partial charge in [0, 0.05) is 11.6 Å². The van der Waals surface area contributed by atoms with E-state index >= 15 is 0 Å². The van der Waals surface area contributed by atoms with Crippen molar-refractivity contribution in [3.05, 3.63) is 83.9 Å². The first-order chi connectivity index (χ1) is 14.7. The zero-order chi connectivity index (χ0) is 20.8. The molecule has 0 unspecified atom stereocenters. The number of hydrogen-bond donors (Lipinski definition) is 0. The van der Waals surface area contributed by atoms with Gasteiger partial charge in [0.1, 0.15) is 12.4 Å². The van der Waals surface area contributed by atoms with E-state index in [9.17, 15) is 0 Å². The van der Waals surface area contributed by atoms with Gasteiger partial charge in [-0.2, -0.15) is 4.68 Å². The second-order valence-electron chi connectivity index (χ2n) is 6.17. The number of halogens is 1. The molecule has 10 heteroatoms. The lowest BCUT2D eigenvalue weighted by atomic mass is 10.3. The SMILES string of the molecule is C=CCn1c(COc2ccc(Cl)cc2)nnc1SCc1nnnn1-c1ccccc1. The van der Waals surface area contributed by atoms with Crippen LogP contribution < -0.4 is 4.74 Å². The molecular weight excluding hydrogens is 422 g/mol. The van der Waals surface area contributed by atoms with Crippen molar-refractivity contribution < 1.29 is 4.74 Å². The van der Waals surface area contributed by atoms with E-state index in [2.05, 4.69) is 32.3 Å². The summed E-state index contributed by atoms with van der Waals surface area (Å²) < 4.78 is 9.49. The highest BCUT2D eigenvalue weighted by molar-refractivity contribution is 7.98. The Labute approximate surface area is 182 Å². The van der Waals surface area contributed by atoms with Gasteiger partial charge >= 0.3 is 0 Å². The number of allylic oxidation sites excluding steroid dienone is 1. The number of tetrazole rings is 1. The minimum absolute atomic E-state index is 0.283. The van der Waals surface area contributed by atoms with Crippen molar-refractivity contribution in [2.45, 2.75) is 24.1 Å². The fourth-order valence-electron chi connectivity index (χ4n) is 2.72. The molecule has 4 aromatic rings. The van der Waals surface area contributed by atoms with Crippen LogP contribution in [0.2, 0.25) is 5.02 Å². The van der Waals surface area contributed by atoms with Crippen molar-refractivity contribution in [2.75, 3.05) is 0 Å². The summed E-state index contributed by atoms with van der Waals surface area (Å²) in [6.45, 7) is 4.68. The first-order valence-corrected chi connectivity index (χ1v) is 10.5. The zero-order valence-electron chi connectivity index (χ0n) is 15.9. The van der Waals surface area contributed by atoms with Crippen molar-refractivity contribution in [3.8, 4) is 11.4 Å². The minimum atomic E-state index is 0.283. The molecule has 0 N–H and O–H groups in total. The Morgan fingerprint density at radius 1 is 1.00 bits per heavy atom. The predicted octanol–water partition coefficient (Wildman–Crippen LogP) is 3.96. The van der Waals surface area contributed by atoms with Gasteiger partial charge in [0.05, 0.1) is 11.4 Å². The van der Waals surface area contributed by atoms with Gasteiger partial charge in [0.2, 0.25) is 0 Å². The Morgan fingerprint density at radius 3 is 2.57 bits per heavy atom. The summed E-state index contributed by atoms with van der Waals surface area (Å²) >= 11 is 7.42. The van der Waals surface area contributed by atoms with Crippen LogP contribution in [0.3, 0.4) is 0 Å². The summed E-state index contributed by atoms with van der Waals surface area (Å²) in [5.74, 6) is 2.67. The van der Waals surface area contributed by atoms with Gasteiger partial charge in [0.25, 0.3) is 0 Å². The van der Waals surface area contributed by atoms with E-state index in [0.29, 0.717) is 28.9 Å². The number of rotatable bonds is 9. The summed E-state index contributed by atoms with van der Waals surface area (Å²) in [4.78, 5) is 0. The third-order valence-electron chi connectivity index (χ3n) is 4.15. The number of ether oxygens (including phenoxy) is 1. The van der Waals surface area contributed by atoms with Crippen LogP contribution >= 0.6 is 23.4 Å². The molecule has 0 radical (unpaired) electrons. The Hall–Kier alpha value is -3.17. The molecule has 0 aliphatic carbocycles. The Morgan fingerprint density at radius 2 is 1.80 bits per heavy atom. The molecule has 8 nitrogen and oxygen atoms in total. The van der Waals surface area contributed by atoms with E-state index in [0.717, 1.165) is 16.7 Å². The smallest absolute Gasteiger partial charge is 0.192 e. The van der Waals surface area contributed by atoms with Crippen LogP contribution in [-0.2, 0) is 18.9 Å². The van der Waals surface area contributed by atoms with Crippen molar-refractivity contribution >= 4 is 23.4 Å². The van der Waals surface area contributed by atoms with E-state index in [1.54, 1.807) is 22.9 Å². The van der Waals surface area contributed by atoms with Gasteiger partial charge in [-0.15, -0.1) is 21.9 Å². The zero-order valence-corrected chi connectivity index (χ0v) is 17.5. The first kappa shape index (κ1) is 20.1. The predicted molar refractivity (Wildman–Crippen MR) is 115 cm³/mol. The lowest BCUT2D eigenvalue weighted by Crippen LogP contribution is -2.08. The van der Waals surface area contributed by atoms with Crippen molar-refractivity contribution in [1.29, 1.82) is 0 Å². The summed E-state index contributed by atoms with van der Waals surface area (Å²) in [5.41, 5.74) is 0.905. The fraction of sp³-hybridized carbons (Fsp3) is 0.150. The van der Waals surface area contributed by atoms with Crippen LogP contribution in [0.4, 0.5) is 0 Å². The highest BCUT2D eigenvalue weighted by atomic mass is 35.5. The summed E-state index contributed by atoms with van der Waals surface area (Å²) in [5, 5.41) is 22.0. The Kier molecular flexibility index (Phi) is 6.41. The van der Waals surface area contributed by atoms with Crippen LogP contribution in [0.15, 0.2) is 72.4 Å². The molecule has 2 heterocycles.